The lowest BCUT2D eigenvalue weighted by atomic mass is 10.1. The van der Waals surface area contributed by atoms with Crippen molar-refractivity contribution >= 4 is 39.8 Å². The van der Waals surface area contributed by atoms with Gasteiger partial charge in [0.15, 0.2) is 0 Å². The number of para-hydroxylation sites is 1. The van der Waals surface area contributed by atoms with E-state index in [1.165, 1.54) is 31.4 Å². The van der Waals surface area contributed by atoms with Crippen LogP contribution in [-0.2, 0) is 4.74 Å². The number of nitrogens with one attached hydrogen (secondary N) is 1. The number of amides is 2. The predicted octanol–water partition coefficient (Wildman–Crippen LogP) is 3.49. The average molecular weight is 419 g/mol. The van der Waals surface area contributed by atoms with Crippen molar-refractivity contribution in [3.63, 3.8) is 0 Å². The molecule has 0 atom stereocenters. The minimum absolute atomic E-state index is 0.0555. The second kappa shape index (κ2) is 9.28. The molecule has 29 heavy (non-hydrogen) atoms. The number of rotatable bonds is 7. The average Bonchev–Trinajstić information content (AvgIpc) is 3.03. The molecule has 0 aliphatic heterocycles. The summed E-state index contributed by atoms with van der Waals surface area (Å²) in [6.07, 6.45) is 0. The van der Waals surface area contributed by atoms with E-state index in [1.54, 1.807) is 11.8 Å². The summed E-state index contributed by atoms with van der Waals surface area (Å²) in [7, 11) is 1.19. The van der Waals surface area contributed by atoms with Gasteiger partial charge in [0.1, 0.15) is 10.6 Å². The summed E-state index contributed by atoms with van der Waals surface area (Å²) in [6, 6.07) is 5.47. The molecule has 0 aliphatic rings. The lowest BCUT2D eigenvalue weighted by molar-refractivity contribution is -0.385. The Labute approximate surface area is 171 Å². The van der Waals surface area contributed by atoms with Crippen molar-refractivity contribution in [2.45, 2.75) is 20.8 Å². The fourth-order valence-corrected chi connectivity index (χ4v) is 3.96. The maximum absolute atomic E-state index is 12.8. The third-order valence-electron chi connectivity index (χ3n) is 4.35. The van der Waals surface area contributed by atoms with Gasteiger partial charge in [0.25, 0.3) is 17.5 Å². The Morgan fingerprint density at radius 2 is 1.83 bits per heavy atom. The zero-order valence-corrected chi connectivity index (χ0v) is 17.3. The first-order valence-corrected chi connectivity index (χ1v) is 9.64. The second-order valence-electron chi connectivity index (χ2n) is 5.96. The third-order valence-corrected chi connectivity index (χ3v) is 5.55. The molecule has 0 saturated heterocycles. The highest BCUT2D eigenvalue weighted by Crippen LogP contribution is 2.35. The summed E-state index contributed by atoms with van der Waals surface area (Å²) in [6.45, 7) is 6.24. The minimum Gasteiger partial charge on any atom is -0.465 e. The van der Waals surface area contributed by atoms with Crippen molar-refractivity contribution in [2.75, 3.05) is 25.5 Å². The fraction of sp³-hybridized carbons (Fsp3) is 0.316. The summed E-state index contributed by atoms with van der Waals surface area (Å²) in [5.41, 5.74) is -0.0788. The Morgan fingerprint density at radius 1 is 1.21 bits per heavy atom. The normalized spacial score (nSPS) is 10.3. The van der Waals surface area contributed by atoms with Crippen LogP contribution in [0.15, 0.2) is 24.3 Å². The van der Waals surface area contributed by atoms with Crippen LogP contribution in [-0.4, -0.2) is 47.8 Å². The largest absolute Gasteiger partial charge is 0.465 e. The monoisotopic (exact) mass is 419 g/mol. The Balaban J connectivity index is 2.51. The summed E-state index contributed by atoms with van der Waals surface area (Å²) in [4.78, 5) is 50.2. The van der Waals surface area contributed by atoms with Crippen LogP contribution in [0.4, 0.5) is 10.7 Å². The van der Waals surface area contributed by atoms with E-state index in [2.05, 4.69) is 5.32 Å². The van der Waals surface area contributed by atoms with Crippen molar-refractivity contribution in [3.8, 4) is 0 Å². The Hall–Kier alpha value is -3.27. The van der Waals surface area contributed by atoms with Gasteiger partial charge in [0, 0.05) is 19.2 Å². The van der Waals surface area contributed by atoms with Gasteiger partial charge in [-0.1, -0.05) is 12.1 Å². The molecule has 0 radical (unpaired) electrons. The number of nitro benzene ring substituents is 1. The fourth-order valence-electron chi connectivity index (χ4n) is 2.80. The van der Waals surface area contributed by atoms with Crippen LogP contribution < -0.4 is 5.32 Å². The highest BCUT2D eigenvalue weighted by atomic mass is 32.1. The van der Waals surface area contributed by atoms with E-state index in [0.29, 0.717) is 23.5 Å². The maximum Gasteiger partial charge on any atom is 0.341 e. The van der Waals surface area contributed by atoms with Crippen LogP contribution in [0.25, 0.3) is 0 Å². The van der Waals surface area contributed by atoms with Gasteiger partial charge in [-0.3, -0.25) is 19.7 Å². The summed E-state index contributed by atoms with van der Waals surface area (Å²) >= 11 is 0.940. The van der Waals surface area contributed by atoms with Gasteiger partial charge < -0.3 is 15.0 Å². The van der Waals surface area contributed by atoms with E-state index in [9.17, 15) is 24.5 Å². The number of anilines is 1. The molecule has 154 valence electrons. The SMILES string of the molecule is CCN(CC)C(=O)c1sc(NC(=O)c2ccccc2[N+](=O)[O-])c(C(=O)OC)c1C. The van der Waals surface area contributed by atoms with Crippen LogP contribution in [0.2, 0.25) is 0 Å². The molecule has 0 saturated carbocycles. The summed E-state index contributed by atoms with van der Waals surface area (Å²) < 4.78 is 4.80. The van der Waals surface area contributed by atoms with Gasteiger partial charge in [0.2, 0.25) is 0 Å². The Bertz CT molecular complexity index is 965. The molecular weight excluding hydrogens is 398 g/mol. The molecule has 0 unspecified atom stereocenters. The number of hydrogen-bond donors (Lipinski definition) is 1. The highest BCUT2D eigenvalue weighted by Gasteiger charge is 2.29. The molecule has 2 amide bonds. The third kappa shape index (κ3) is 4.43. The number of nitrogens with zero attached hydrogens (tertiary/aromatic N) is 2. The molecule has 0 spiro atoms. The molecule has 1 heterocycles. The van der Waals surface area contributed by atoms with Crippen LogP contribution in [0.5, 0.6) is 0 Å². The number of carbonyl (C=O) groups excluding carboxylic acids is 3. The molecule has 2 rings (SSSR count). The molecule has 0 bridgehead atoms. The van der Waals surface area contributed by atoms with E-state index in [4.69, 9.17) is 4.74 Å². The summed E-state index contributed by atoms with van der Waals surface area (Å²) in [5.74, 6) is -1.74. The predicted molar refractivity (Wildman–Crippen MR) is 109 cm³/mol. The number of carbonyl (C=O) groups is 3. The van der Waals surface area contributed by atoms with Gasteiger partial charge in [-0.05, 0) is 32.4 Å². The van der Waals surface area contributed by atoms with Crippen molar-refractivity contribution < 1.29 is 24.0 Å². The quantitative estimate of drug-likeness (QED) is 0.417. The van der Waals surface area contributed by atoms with Crippen molar-refractivity contribution in [3.05, 3.63) is 55.9 Å². The van der Waals surface area contributed by atoms with Crippen molar-refractivity contribution in [1.82, 2.24) is 4.90 Å². The van der Waals surface area contributed by atoms with Crippen LogP contribution in [0.1, 0.15) is 49.8 Å². The standard InChI is InChI=1S/C19H21N3O6S/c1-5-21(6-2)18(24)15-11(3)14(19(25)28-4)17(29-15)20-16(23)12-9-7-8-10-13(12)22(26)27/h7-10H,5-6H2,1-4H3,(H,20,23). The highest BCUT2D eigenvalue weighted by molar-refractivity contribution is 7.18. The molecule has 10 heteroatoms. The molecule has 0 fully saturated rings. The molecule has 1 aromatic carbocycles. The Kier molecular flexibility index (Phi) is 7.05. The van der Waals surface area contributed by atoms with Gasteiger partial charge in [-0.15, -0.1) is 11.3 Å². The number of hydrogen-bond acceptors (Lipinski definition) is 7. The van der Waals surface area contributed by atoms with E-state index in [-0.39, 0.29) is 27.7 Å². The van der Waals surface area contributed by atoms with E-state index >= 15 is 0 Å². The number of thiophene rings is 1. The molecule has 0 aliphatic carbocycles. The molecule has 1 aromatic heterocycles. The minimum atomic E-state index is -0.759. The molecular formula is C19H21N3O6S. The number of ether oxygens (including phenoxy) is 1. The van der Waals surface area contributed by atoms with Gasteiger partial charge >= 0.3 is 5.97 Å². The van der Waals surface area contributed by atoms with Crippen LogP contribution >= 0.6 is 11.3 Å². The second-order valence-corrected chi connectivity index (χ2v) is 6.98. The van der Waals surface area contributed by atoms with Crippen molar-refractivity contribution in [1.29, 1.82) is 0 Å². The topological polar surface area (TPSA) is 119 Å². The van der Waals surface area contributed by atoms with Crippen LogP contribution in [0.3, 0.4) is 0 Å². The number of esters is 1. The Morgan fingerprint density at radius 3 is 2.38 bits per heavy atom. The number of methoxy groups -OCH3 is 1. The first kappa shape index (κ1) is 22.0. The van der Waals surface area contributed by atoms with Crippen molar-refractivity contribution in [2.24, 2.45) is 0 Å². The zero-order chi connectivity index (χ0) is 21.7. The van der Waals surface area contributed by atoms with Crippen LogP contribution in [0, 0.1) is 17.0 Å². The number of nitro groups is 1. The smallest absolute Gasteiger partial charge is 0.341 e. The maximum atomic E-state index is 12.8. The lowest BCUT2D eigenvalue weighted by Crippen LogP contribution is -2.30. The van der Waals surface area contributed by atoms with E-state index in [1.807, 2.05) is 13.8 Å². The van der Waals surface area contributed by atoms with E-state index < -0.39 is 16.8 Å². The number of benzene rings is 1. The first-order chi connectivity index (χ1) is 13.8. The lowest BCUT2D eigenvalue weighted by Gasteiger charge is -2.17. The molecule has 9 nitrogen and oxygen atoms in total. The van der Waals surface area contributed by atoms with Gasteiger partial charge in [-0.25, -0.2) is 4.79 Å². The first-order valence-electron chi connectivity index (χ1n) is 8.82. The van der Waals surface area contributed by atoms with Gasteiger partial charge in [-0.2, -0.15) is 0 Å². The molecule has 2 aromatic rings. The zero-order valence-electron chi connectivity index (χ0n) is 16.5. The van der Waals surface area contributed by atoms with E-state index in [0.717, 1.165) is 11.3 Å². The van der Waals surface area contributed by atoms with Gasteiger partial charge in [0.05, 0.1) is 22.5 Å². The summed E-state index contributed by atoms with van der Waals surface area (Å²) in [5, 5.41) is 13.8. The molecule has 1 N–H and O–H groups in total.